The normalized spacial score (nSPS) is 14.0. The number of carbonyl (C=O) groups is 2. The Bertz CT molecular complexity index is 1300. The molecule has 0 aliphatic carbocycles. The third kappa shape index (κ3) is 5.65. The Labute approximate surface area is 206 Å². The van der Waals surface area contributed by atoms with Crippen molar-refractivity contribution in [1.29, 1.82) is 0 Å². The summed E-state index contributed by atoms with van der Waals surface area (Å²) < 4.78 is 16.4. The van der Waals surface area contributed by atoms with E-state index < -0.39 is 11.9 Å². The zero-order chi connectivity index (χ0) is 24.1. The summed E-state index contributed by atoms with van der Waals surface area (Å²) in [6.45, 7) is 2.15. The summed E-state index contributed by atoms with van der Waals surface area (Å²) in [5.74, 6) is -0.310. The molecule has 1 aliphatic heterocycles. The van der Waals surface area contributed by atoms with Gasteiger partial charge < -0.3 is 14.2 Å². The standard InChI is InChI=1S/C26H19Cl2NO5/c1-2-32-23-13-17(8-11-22(23)33-25(30)19-10-9-18(27)15-20(19)28)12-21-26(31)34-24(29-21)14-16-6-4-3-5-7-16/h3-13,15H,2,14H2,1H3/b21-12+. The molecule has 0 saturated heterocycles. The van der Waals surface area contributed by atoms with E-state index >= 15 is 0 Å². The number of hydrogen-bond donors (Lipinski definition) is 0. The maximum atomic E-state index is 12.6. The average Bonchev–Trinajstić information content (AvgIpc) is 3.14. The number of esters is 2. The lowest BCUT2D eigenvalue weighted by molar-refractivity contribution is -0.130. The highest BCUT2D eigenvalue weighted by molar-refractivity contribution is 6.36. The quantitative estimate of drug-likeness (QED) is 0.223. The van der Waals surface area contributed by atoms with Crippen LogP contribution >= 0.6 is 23.2 Å². The van der Waals surface area contributed by atoms with Crippen LogP contribution in [0.1, 0.15) is 28.4 Å². The second kappa shape index (κ2) is 10.5. The van der Waals surface area contributed by atoms with Gasteiger partial charge in [-0.15, -0.1) is 0 Å². The first-order valence-electron chi connectivity index (χ1n) is 10.4. The molecule has 0 amide bonds. The van der Waals surface area contributed by atoms with Crippen molar-refractivity contribution in [3.05, 3.63) is 99.2 Å². The second-order valence-electron chi connectivity index (χ2n) is 7.24. The van der Waals surface area contributed by atoms with Gasteiger partial charge in [0.15, 0.2) is 17.2 Å². The van der Waals surface area contributed by atoms with Crippen LogP contribution < -0.4 is 9.47 Å². The van der Waals surface area contributed by atoms with Gasteiger partial charge in [-0.25, -0.2) is 14.6 Å². The Balaban J connectivity index is 1.55. The maximum absolute atomic E-state index is 12.6. The van der Waals surface area contributed by atoms with Crippen LogP contribution in [0.2, 0.25) is 10.0 Å². The largest absolute Gasteiger partial charge is 0.490 e. The molecular weight excluding hydrogens is 477 g/mol. The Morgan fingerprint density at radius 3 is 2.56 bits per heavy atom. The van der Waals surface area contributed by atoms with E-state index in [1.165, 1.54) is 12.1 Å². The fourth-order valence-electron chi connectivity index (χ4n) is 3.23. The SMILES string of the molecule is CCOc1cc(/C=C2/N=C(Cc3ccccc3)OC2=O)ccc1OC(=O)c1ccc(Cl)cc1Cl. The molecule has 1 aliphatic rings. The number of benzene rings is 3. The van der Waals surface area contributed by atoms with Crippen LogP contribution in [-0.4, -0.2) is 24.4 Å². The molecule has 1 heterocycles. The summed E-state index contributed by atoms with van der Waals surface area (Å²) in [6.07, 6.45) is 2.00. The Morgan fingerprint density at radius 1 is 1.03 bits per heavy atom. The topological polar surface area (TPSA) is 74.2 Å². The first-order chi connectivity index (χ1) is 16.4. The maximum Gasteiger partial charge on any atom is 0.363 e. The molecule has 172 valence electrons. The van der Waals surface area contributed by atoms with Crippen molar-refractivity contribution >= 4 is 47.1 Å². The van der Waals surface area contributed by atoms with Crippen molar-refractivity contribution in [2.75, 3.05) is 6.61 Å². The third-order valence-electron chi connectivity index (χ3n) is 4.79. The minimum atomic E-state index is -0.650. The molecule has 0 radical (unpaired) electrons. The van der Waals surface area contributed by atoms with Gasteiger partial charge in [0.1, 0.15) is 0 Å². The van der Waals surface area contributed by atoms with E-state index in [0.717, 1.165) is 5.56 Å². The molecule has 0 fully saturated rings. The lowest BCUT2D eigenvalue weighted by atomic mass is 10.1. The molecule has 0 atom stereocenters. The first kappa shape index (κ1) is 23.5. The predicted molar refractivity (Wildman–Crippen MR) is 131 cm³/mol. The van der Waals surface area contributed by atoms with Crippen molar-refractivity contribution < 1.29 is 23.8 Å². The lowest BCUT2D eigenvalue weighted by Crippen LogP contribution is -2.10. The first-order valence-corrected chi connectivity index (χ1v) is 11.2. The minimum Gasteiger partial charge on any atom is -0.490 e. The van der Waals surface area contributed by atoms with Gasteiger partial charge in [-0.2, -0.15) is 0 Å². The summed E-state index contributed by atoms with van der Waals surface area (Å²) in [7, 11) is 0. The number of nitrogens with zero attached hydrogens (tertiary/aromatic N) is 1. The Kier molecular flexibility index (Phi) is 7.30. The van der Waals surface area contributed by atoms with Crippen molar-refractivity contribution in [3.8, 4) is 11.5 Å². The number of ether oxygens (including phenoxy) is 3. The highest BCUT2D eigenvalue weighted by Crippen LogP contribution is 2.32. The van der Waals surface area contributed by atoms with Gasteiger partial charge >= 0.3 is 11.9 Å². The molecule has 4 rings (SSSR count). The number of aliphatic imine (C=N–C) groups is 1. The monoisotopic (exact) mass is 495 g/mol. The van der Waals surface area contributed by atoms with E-state index in [2.05, 4.69) is 4.99 Å². The molecule has 3 aromatic carbocycles. The van der Waals surface area contributed by atoms with E-state index in [9.17, 15) is 9.59 Å². The van der Waals surface area contributed by atoms with E-state index in [1.54, 1.807) is 37.3 Å². The number of rotatable bonds is 7. The lowest BCUT2D eigenvalue weighted by Gasteiger charge is -2.12. The van der Waals surface area contributed by atoms with Crippen LogP contribution in [0.3, 0.4) is 0 Å². The minimum absolute atomic E-state index is 0.172. The summed E-state index contributed by atoms with van der Waals surface area (Å²) in [4.78, 5) is 29.2. The van der Waals surface area contributed by atoms with Crippen LogP contribution in [0.4, 0.5) is 0 Å². The molecule has 0 unspecified atom stereocenters. The Morgan fingerprint density at radius 2 is 1.82 bits per heavy atom. The van der Waals surface area contributed by atoms with Crippen molar-refractivity contribution in [2.45, 2.75) is 13.3 Å². The smallest absolute Gasteiger partial charge is 0.363 e. The molecule has 8 heteroatoms. The molecule has 0 aromatic heterocycles. The molecule has 3 aromatic rings. The highest BCUT2D eigenvalue weighted by Gasteiger charge is 2.23. The number of hydrogen-bond acceptors (Lipinski definition) is 6. The molecule has 34 heavy (non-hydrogen) atoms. The molecular formula is C26H19Cl2NO5. The summed E-state index contributed by atoms with van der Waals surface area (Å²) in [5, 5.41) is 0.592. The van der Waals surface area contributed by atoms with Crippen LogP contribution in [0.25, 0.3) is 6.08 Å². The molecule has 0 N–H and O–H groups in total. The summed E-state index contributed by atoms with van der Waals surface area (Å²) >= 11 is 12.0. The number of halogens is 2. The van der Waals surface area contributed by atoms with Crippen molar-refractivity contribution in [3.63, 3.8) is 0 Å². The summed E-state index contributed by atoms with van der Waals surface area (Å²) in [6, 6.07) is 19.0. The zero-order valence-corrected chi connectivity index (χ0v) is 19.6. The highest BCUT2D eigenvalue weighted by atomic mass is 35.5. The zero-order valence-electron chi connectivity index (χ0n) is 18.1. The van der Waals surface area contributed by atoms with Crippen molar-refractivity contribution in [1.82, 2.24) is 0 Å². The van der Waals surface area contributed by atoms with Gasteiger partial charge in [0, 0.05) is 11.4 Å². The van der Waals surface area contributed by atoms with E-state index in [1.807, 2.05) is 30.3 Å². The molecule has 0 bridgehead atoms. The van der Waals surface area contributed by atoms with Crippen LogP contribution in [-0.2, 0) is 16.0 Å². The van der Waals surface area contributed by atoms with Gasteiger partial charge in [0.05, 0.1) is 17.2 Å². The van der Waals surface area contributed by atoms with Gasteiger partial charge in [-0.05, 0) is 54.5 Å². The van der Waals surface area contributed by atoms with Crippen LogP contribution in [0.5, 0.6) is 11.5 Å². The third-order valence-corrected chi connectivity index (χ3v) is 5.34. The van der Waals surface area contributed by atoms with Gasteiger partial charge in [0.25, 0.3) is 0 Å². The number of cyclic esters (lactones) is 1. The summed E-state index contributed by atoms with van der Waals surface area (Å²) in [5.41, 5.74) is 1.96. The van der Waals surface area contributed by atoms with Crippen LogP contribution in [0.15, 0.2) is 77.4 Å². The average molecular weight is 496 g/mol. The van der Waals surface area contributed by atoms with Crippen LogP contribution in [0, 0.1) is 0 Å². The molecule has 0 spiro atoms. The molecule has 6 nitrogen and oxygen atoms in total. The van der Waals surface area contributed by atoms with Gasteiger partial charge in [-0.1, -0.05) is 59.6 Å². The number of carbonyl (C=O) groups excluding carboxylic acids is 2. The Hall–Kier alpha value is -3.61. The molecule has 0 saturated carbocycles. The van der Waals surface area contributed by atoms with E-state index in [0.29, 0.717) is 35.3 Å². The second-order valence-corrected chi connectivity index (χ2v) is 8.08. The fourth-order valence-corrected chi connectivity index (χ4v) is 3.72. The van der Waals surface area contributed by atoms with E-state index in [-0.39, 0.29) is 22.0 Å². The van der Waals surface area contributed by atoms with E-state index in [4.69, 9.17) is 37.4 Å². The van der Waals surface area contributed by atoms with Crippen molar-refractivity contribution in [2.24, 2.45) is 4.99 Å². The predicted octanol–water partition coefficient (Wildman–Crippen LogP) is 6.15. The van der Waals surface area contributed by atoms with Gasteiger partial charge in [0.2, 0.25) is 5.90 Å². The fraction of sp³-hybridized carbons (Fsp3) is 0.115. The van der Waals surface area contributed by atoms with Gasteiger partial charge in [-0.3, -0.25) is 0 Å².